The van der Waals surface area contributed by atoms with E-state index >= 15 is 0 Å². The maximum absolute atomic E-state index is 10.5. The highest BCUT2D eigenvalue weighted by atomic mass is 32.1. The van der Waals surface area contributed by atoms with E-state index in [1.54, 1.807) is 13.0 Å². The lowest BCUT2D eigenvalue weighted by molar-refractivity contribution is 0.0701. The molecule has 0 fully saturated rings. The van der Waals surface area contributed by atoms with Crippen molar-refractivity contribution in [2.75, 3.05) is 0 Å². The highest BCUT2D eigenvalue weighted by molar-refractivity contribution is 7.15. The van der Waals surface area contributed by atoms with Crippen LogP contribution < -0.4 is 0 Å². The van der Waals surface area contributed by atoms with Crippen molar-refractivity contribution >= 4 is 23.4 Å². The van der Waals surface area contributed by atoms with Gasteiger partial charge in [-0.2, -0.15) is 0 Å². The first-order chi connectivity index (χ1) is 5.15. The summed E-state index contributed by atoms with van der Waals surface area (Å²) in [7, 11) is 0. The molecule has 11 heavy (non-hydrogen) atoms. The summed E-state index contributed by atoms with van der Waals surface area (Å²) in [5.41, 5.74) is 0.803. The maximum atomic E-state index is 10.5. The van der Waals surface area contributed by atoms with Crippen LogP contribution in [0.3, 0.4) is 0 Å². The number of thiophene rings is 1. The fourth-order valence-electron chi connectivity index (χ4n) is 0.820. The normalized spacial score (nSPS) is 9.55. The summed E-state index contributed by atoms with van der Waals surface area (Å²) in [5, 5.41) is 8.65. The van der Waals surface area contributed by atoms with Gasteiger partial charge in [0.25, 0.3) is 0 Å². The van der Waals surface area contributed by atoms with Crippen molar-refractivity contribution < 1.29 is 9.90 Å². The van der Waals surface area contributed by atoms with Crippen LogP contribution in [0.1, 0.15) is 20.1 Å². The number of rotatable bonds is 2. The van der Waals surface area contributed by atoms with E-state index in [4.69, 9.17) is 5.11 Å². The van der Waals surface area contributed by atoms with Gasteiger partial charge >= 0.3 is 5.97 Å². The Labute approximate surface area is 68.8 Å². The molecule has 0 atom stereocenters. The zero-order valence-corrected chi connectivity index (χ0v) is 6.94. The molecule has 0 bridgehead atoms. The van der Waals surface area contributed by atoms with E-state index in [2.05, 4.69) is 6.58 Å². The lowest BCUT2D eigenvalue weighted by Gasteiger charge is -1.86. The van der Waals surface area contributed by atoms with Crippen LogP contribution >= 0.6 is 11.3 Å². The van der Waals surface area contributed by atoms with Crippen LogP contribution in [0.25, 0.3) is 6.08 Å². The van der Waals surface area contributed by atoms with Gasteiger partial charge in [-0.1, -0.05) is 12.7 Å². The molecule has 0 aliphatic carbocycles. The fourth-order valence-corrected chi connectivity index (χ4v) is 1.68. The lowest BCUT2D eigenvalue weighted by Crippen LogP contribution is -1.93. The molecular weight excluding hydrogens is 160 g/mol. The van der Waals surface area contributed by atoms with E-state index in [-0.39, 0.29) is 0 Å². The first kappa shape index (κ1) is 8.01. The molecule has 0 aromatic carbocycles. The Kier molecular flexibility index (Phi) is 2.10. The molecule has 2 nitrogen and oxygen atoms in total. The summed E-state index contributed by atoms with van der Waals surface area (Å²) in [6.07, 6.45) is 1.66. The van der Waals surface area contributed by atoms with E-state index in [0.29, 0.717) is 4.88 Å². The third kappa shape index (κ3) is 1.49. The second-order valence-electron chi connectivity index (χ2n) is 2.17. The monoisotopic (exact) mass is 168 g/mol. The molecule has 0 aliphatic heterocycles. The van der Waals surface area contributed by atoms with E-state index in [9.17, 15) is 4.79 Å². The summed E-state index contributed by atoms with van der Waals surface area (Å²) in [4.78, 5) is 11.8. The molecule has 58 valence electrons. The zero-order chi connectivity index (χ0) is 8.43. The van der Waals surface area contributed by atoms with Gasteiger partial charge in [0.1, 0.15) is 4.88 Å². The van der Waals surface area contributed by atoms with Crippen molar-refractivity contribution in [1.82, 2.24) is 0 Å². The van der Waals surface area contributed by atoms with E-state index in [0.717, 1.165) is 10.4 Å². The van der Waals surface area contributed by atoms with Crippen molar-refractivity contribution in [2.45, 2.75) is 6.92 Å². The molecule has 0 saturated heterocycles. The number of aromatic carboxylic acids is 1. The number of carboxylic acids is 1. The summed E-state index contributed by atoms with van der Waals surface area (Å²) in [6, 6.07) is 1.82. The average Bonchev–Trinajstić information content (AvgIpc) is 2.30. The number of carboxylic acid groups (broad SMARTS) is 1. The summed E-state index contributed by atoms with van der Waals surface area (Å²) < 4.78 is 0. The summed E-state index contributed by atoms with van der Waals surface area (Å²) >= 11 is 1.25. The van der Waals surface area contributed by atoms with Gasteiger partial charge in [-0.25, -0.2) is 4.79 Å². The number of hydrogen-bond donors (Lipinski definition) is 1. The molecule has 0 amide bonds. The Hall–Kier alpha value is -1.09. The summed E-state index contributed by atoms with van der Waals surface area (Å²) in [5.74, 6) is -0.861. The third-order valence-corrected chi connectivity index (χ3v) is 2.55. The molecule has 0 aliphatic rings. The SMILES string of the molecule is C=Cc1cc(C)c(C(=O)O)s1. The van der Waals surface area contributed by atoms with Crippen LogP contribution in [0.15, 0.2) is 12.6 Å². The molecule has 1 aromatic rings. The Bertz CT molecular complexity index is 299. The van der Waals surface area contributed by atoms with Crippen LogP contribution in [-0.4, -0.2) is 11.1 Å². The van der Waals surface area contributed by atoms with Crippen molar-refractivity contribution in [3.05, 3.63) is 28.0 Å². The van der Waals surface area contributed by atoms with Gasteiger partial charge in [0.15, 0.2) is 0 Å². The standard InChI is InChI=1S/C8H8O2S/c1-3-6-4-5(2)7(11-6)8(9)10/h3-4H,1H2,2H3,(H,9,10). The van der Waals surface area contributed by atoms with Crippen LogP contribution in [0.4, 0.5) is 0 Å². The van der Waals surface area contributed by atoms with Crippen molar-refractivity contribution in [3.8, 4) is 0 Å². The molecule has 1 heterocycles. The maximum Gasteiger partial charge on any atom is 0.346 e. The molecule has 1 rings (SSSR count). The predicted molar refractivity (Wildman–Crippen MR) is 46.1 cm³/mol. The number of aryl methyl sites for hydroxylation is 1. The molecule has 1 aromatic heterocycles. The Morgan fingerprint density at radius 3 is 2.73 bits per heavy atom. The van der Waals surface area contributed by atoms with E-state index in [1.807, 2.05) is 6.07 Å². The van der Waals surface area contributed by atoms with Crippen molar-refractivity contribution in [2.24, 2.45) is 0 Å². The Balaban J connectivity index is 3.16. The molecule has 0 unspecified atom stereocenters. The van der Waals surface area contributed by atoms with Gasteiger partial charge in [0, 0.05) is 4.88 Å². The quantitative estimate of drug-likeness (QED) is 0.736. The Morgan fingerprint density at radius 1 is 1.82 bits per heavy atom. The lowest BCUT2D eigenvalue weighted by atomic mass is 10.3. The smallest absolute Gasteiger partial charge is 0.346 e. The van der Waals surface area contributed by atoms with Gasteiger partial charge in [-0.3, -0.25) is 0 Å². The van der Waals surface area contributed by atoms with E-state index in [1.165, 1.54) is 11.3 Å². The third-order valence-electron chi connectivity index (χ3n) is 1.33. The first-order valence-corrected chi connectivity index (χ1v) is 3.93. The van der Waals surface area contributed by atoms with Gasteiger partial charge in [0.2, 0.25) is 0 Å². The van der Waals surface area contributed by atoms with Gasteiger partial charge in [-0.05, 0) is 18.6 Å². The van der Waals surface area contributed by atoms with Crippen molar-refractivity contribution in [1.29, 1.82) is 0 Å². The first-order valence-electron chi connectivity index (χ1n) is 3.11. The minimum atomic E-state index is -0.861. The van der Waals surface area contributed by atoms with Gasteiger partial charge in [0.05, 0.1) is 0 Å². The topological polar surface area (TPSA) is 37.3 Å². The van der Waals surface area contributed by atoms with Crippen molar-refractivity contribution in [3.63, 3.8) is 0 Å². The predicted octanol–water partition coefficient (Wildman–Crippen LogP) is 2.40. The highest BCUT2D eigenvalue weighted by Crippen LogP contribution is 2.22. The molecule has 3 heteroatoms. The number of hydrogen-bond acceptors (Lipinski definition) is 2. The second kappa shape index (κ2) is 2.88. The molecule has 1 N–H and O–H groups in total. The van der Waals surface area contributed by atoms with Gasteiger partial charge in [-0.15, -0.1) is 11.3 Å². The number of carbonyl (C=O) groups is 1. The zero-order valence-electron chi connectivity index (χ0n) is 6.13. The second-order valence-corrected chi connectivity index (χ2v) is 3.25. The summed E-state index contributed by atoms with van der Waals surface area (Å²) in [6.45, 7) is 5.35. The minimum absolute atomic E-state index is 0.403. The molecule has 0 spiro atoms. The molecule has 0 radical (unpaired) electrons. The molecular formula is C8H8O2S. The average molecular weight is 168 g/mol. The largest absolute Gasteiger partial charge is 0.477 e. The van der Waals surface area contributed by atoms with Crippen LogP contribution in [0.2, 0.25) is 0 Å². The van der Waals surface area contributed by atoms with Crippen LogP contribution in [0, 0.1) is 6.92 Å². The van der Waals surface area contributed by atoms with E-state index < -0.39 is 5.97 Å². The van der Waals surface area contributed by atoms with Gasteiger partial charge < -0.3 is 5.11 Å². The van der Waals surface area contributed by atoms with Crippen LogP contribution in [0.5, 0.6) is 0 Å². The highest BCUT2D eigenvalue weighted by Gasteiger charge is 2.09. The molecule has 0 saturated carbocycles. The minimum Gasteiger partial charge on any atom is -0.477 e. The van der Waals surface area contributed by atoms with Crippen LogP contribution in [-0.2, 0) is 0 Å². The Morgan fingerprint density at radius 2 is 2.45 bits per heavy atom. The fraction of sp³-hybridized carbons (Fsp3) is 0.125.